The average Bonchev–Trinajstić information content (AvgIpc) is 3.14. The zero-order valence-corrected chi connectivity index (χ0v) is 14.9. The summed E-state index contributed by atoms with van der Waals surface area (Å²) in [5, 5.41) is 4.23. The summed E-state index contributed by atoms with van der Waals surface area (Å²) < 4.78 is 13.7. The van der Waals surface area contributed by atoms with Crippen molar-refractivity contribution in [3.05, 3.63) is 18.0 Å². The summed E-state index contributed by atoms with van der Waals surface area (Å²) in [4.78, 5) is 15.6. The molecule has 0 aliphatic carbocycles. The first-order chi connectivity index (χ1) is 11.5. The molecule has 0 radical (unpaired) electrons. The Bertz CT molecular complexity index is 564. The molecular weight excluding hydrogens is 308 g/mol. The number of likely N-dealkylation sites (N-methyl/N-ethyl adjacent to an activating group) is 1. The third-order valence-electron chi connectivity index (χ3n) is 5.05. The molecule has 2 saturated heterocycles. The number of rotatable bonds is 5. The van der Waals surface area contributed by atoms with Crippen LogP contribution in [0.15, 0.2) is 12.4 Å². The van der Waals surface area contributed by atoms with E-state index in [2.05, 4.69) is 16.2 Å². The Balaban J connectivity index is 1.43. The lowest BCUT2D eigenvalue weighted by atomic mass is 9.88. The molecular formula is C17H28N4O3. The lowest BCUT2D eigenvalue weighted by Gasteiger charge is -2.38. The van der Waals surface area contributed by atoms with Crippen LogP contribution in [0.4, 0.5) is 0 Å². The predicted molar refractivity (Wildman–Crippen MR) is 89.5 cm³/mol. The molecule has 3 rings (SSSR count). The van der Waals surface area contributed by atoms with Gasteiger partial charge in [-0.3, -0.25) is 14.4 Å². The normalized spacial score (nSPS) is 23.7. The van der Waals surface area contributed by atoms with Crippen molar-refractivity contribution in [3.63, 3.8) is 0 Å². The molecule has 2 fully saturated rings. The van der Waals surface area contributed by atoms with Gasteiger partial charge in [-0.2, -0.15) is 5.10 Å². The van der Waals surface area contributed by atoms with Crippen molar-refractivity contribution in [1.29, 1.82) is 0 Å². The molecule has 7 heteroatoms. The number of nitrogens with zero attached hydrogens (tertiary/aromatic N) is 4. The van der Waals surface area contributed by atoms with Gasteiger partial charge in [0.25, 0.3) is 0 Å². The summed E-state index contributed by atoms with van der Waals surface area (Å²) in [6.45, 7) is 3.74. The van der Waals surface area contributed by atoms with Gasteiger partial charge < -0.3 is 14.4 Å². The molecule has 24 heavy (non-hydrogen) atoms. The van der Waals surface area contributed by atoms with Gasteiger partial charge in [0.1, 0.15) is 6.61 Å². The Morgan fingerprint density at radius 3 is 2.83 bits per heavy atom. The first-order valence-corrected chi connectivity index (χ1v) is 8.61. The van der Waals surface area contributed by atoms with E-state index in [1.165, 1.54) is 5.56 Å². The van der Waals surface area contributed by atoms with Gasteiger partial charge in [0.15, 0.2) is 0 Å². The minimum Gasteiger partial charge on any atom is -0.372 e. The third kappa shape index (κ3) is 4.15. The zero-order valence-electron chi connectivity index (χ0n) is 14.9. The first kappa shape index (κ1) is 17.4. The van der Waals surface area contributed by atoms with Crippen LogP contribution in [0.2, 0.25) is 0 Å². The minimum absolute atomic E-state index is 0.00207. The molecule has 3 heterocycles. The van der Waals surface area contributed by atoms with E-state index in [1.807, 2.05) is 17.9 Å². The Hall–Kier alpha value is -1.44. The minimum atomic E-state index is -0.0583. The lowest BCUT2D eigenvalue weighted by molar-refractivity contribution is -0.135. The maximum Gasteiger partial charge on any atom is 0.248 e. The van der Waals surface area contributed by atoms with Crippen LogP contribution in [-0.2, 0) is 27.9 Å². The van der Waals surface area contributed by atoms with Crippen molar-refractivity contribution in [2.75, 3.05) is 40.4 Å². The van der Waals surface area contributed by atoms with Crippen molar-refractivity contribution < 1.29 is 14.3 Å². The molecule has 1 aromatic heterocycles. The van der Waals surface area contributed by atoms with Crippen LogP contribution in [0.1, 0.15) is 24.8 Å². The van der Waals surface area contributed by atoms with Crippen LogP contribution < -0.4 is 0 Å². The van der Waals surface area contributed by atoms with E-state index in [0.29, 0.717) is 6.61 Å². The molecule has 2 aliphatic heterocycles. The van der Waals surface area contributed by atoms with E-state index in [9.17, 15) is 4.79 Å². The highest BCUT2D eigenvalue weighted by molar-refractivity contribution is 5.76. The fourth-order valence-electron chi connectivity index (χ4n) is 3.51. The van der Waals surface area contributed by atoms with Gasteiger partial charge in [0, 0.05) is 59.0 Å². The fraction of sp³-hybridized carbons (Fsp3) is 0.765. The number of likely N-dealkylation sites (tertiary alicyclic amines) is 1. The van der Waals surface area contributed by atoms with Crippen LogP contribution in [0.3, 0.4) is 0 Å². The van der Waals surface area contributed by atoms with Crippen LogP contribution in [0.25, 0.3) is 0 Å². The Morgan fingerprint density at radius 1 is 1.46 bits per heavy atom. The van der Waals surface area contributed by atoms with Gasteiger partial charge in [-0.25, -0.2) is 0 Å². The molecule has 7 nitrogen and oxygen atoms in total. The summed E-state index contributed by atoms with van der Waals surface area (Å²) in [6, 6.07) is 0. The average molecular weight is 336 g/mol. The Kier molecular flexibility index (Phi) is 5.22. The van der Waals surface area contributed by atoms with E-state index in [-0.39, 0.29) is 24.2 Å². The molecule has 134 valence electrons. The molecule has 0 aromatic carbocycles. The highest BCUT2D eigenvalue weighted by Gasteiger charge is 2.43. The lowest BCUT2D eigenvalue weighted by Crippen LogP contribution is -2.44. The Morgan fingerprint density at radius 2 is 2.21 bits per heavy atom. The van der Waals surface area contributed by atoms with Crippen LogP contribution >= 0.6 is 0 Å². The van der Waals surface area contributed by atoms with Gasteiger partial charge in [-0.1, -0.05) is 0 Å². The van der Waals surface area contributed by atoms with Gasteiger partial charge in [0.2, 0.25) is 5.91 Å². The molecule has 1 amide bonds. The maximum absolute atomic E-state index is 11.6. The van der Waals surface area contributed by atoms with Gasteiger partial charge >= 0.3 is 0 Å². The summed E-state index contributed by atoms with van der Waals surface area (Å²) in [6.07, 6.45) is 6.99. The van der Waals surface area contributed by atoms with Crippen molar-refractivity contribution in [2.45, 2.75) is 37.5 Å². The topological polar surface area (TPSA) is 59.8 Å². The first-order valence-electron chi connectivity index (χ1n) is 8.61. The largest absolute Gasteiger partial charge is 0.372 e. The van der Waals surface area contributed by atoms with Gasteiger partial charge in [-0.05, 0) is 12.8 Å². The summed E-state index contributed by atoms with van der Waals surface area (Å²) >= 11 is 0. The van der Waals surface area contributed by atoms with Crippen LogP contribution in [0.5, 0.6) is 0 Å². The number of aryl methyl sites for hydroxylation is 1. The van der Waals surface area contributed by atoms with Crippen molar-refractivity contribution in [2.24, 2.45) is 7.05 Å². The van der Waals surface area contributed by atoms with Crippen LogP contribution in [-0.4, -0.2) is 77.6 Å². The highest BCUT2D eigenvalue weighted by atomic mass is 16.6. The van der Waals surface area contributed by atoms with E-state index >= 15 is 0 Å². The second-order valence-corrected chi connectivity index (χ2v) is 7.22. The molecule has 1 atom stereocenters. The van der Waals surface area contributed by atoms with Crippen LogP contribution in [0, 0.1) is 0 Å². The summed E-state index contributed by atoms with van der Waals surface area (Å²) in [7, 11) is 5.44. The van der Waals surface area contributed by atoms with E-state index in [0.717, 1.165) is 38.9 Å². The van der Waals surface area contributed by atoms with E-state index in [4.69, 9.17) is 9.47 Å². The highest BCUT2D eigenvalue weighted by Crippen LogP contribution is 2.37. The number of carbonyl (C=O) groups excluding carboxylic acids is 1. The van der Waals surface area contributed by atoms with Crippen molar-refractivity contribution >= 4 is 5.91 Å². The molecule has 1 spiro atoms. The van der Waals surface area contributed by atoms with E-state index < -0.39 is 0 Å². The quantitative estimate of drug-likeness (QED) is 0.790. The van der Waals surface area contributed by atoms with E-state index in [1.54, 1.807) is 19.0 Å². The third-order valence-corrected chi connectivity index (χ3v) is 5.05. The summed E-state index contributed by atoms with van der Waals surface area (Å²) in [5.74, 6) is 0.00207. The molecule has 1 unspecified atom stereocenters. The van der Waals surface area contributed by atoms with Crippen molar-refractivity contribution in [3.8, 4) is 0 Å². The number of ether oxygens (including phenoxy) is 2. The predicted octanol–water partition coefficient (Wildman–Crippen LogP) is 0.648. The SMILES string of the molecule is CN(C)C(=O)COC1COC2(CCN(Cc3cnn(C)c3)CC2)C1. The zero-order chi connectivity index (χ0) is 17.2. The molecule has 0 bridgehead atoms. The molecule has 0 N–H and O–H groups in total. The fourth-order valence-corrected chi connectivity index (χ4v) is 3.51. The van der Waals surface area contributed by atoms with Gasteiger partial charge in [0.05, 0.1) is 24.5 Å². The number of hydrogen-bond acceptors (Lipinski definition) is 5. The standard InChI is InChI=1S/C17H28N4O3/c1-19(2)16(22)13-23-15-8-17(24-12-15)4-6-21(7-5-17)11-14-9-18-20(3)10-14/h9-10,15H,4-8,11-13H2,1-3H3. The maximum atomic E-state index is 11.6. The number of amides is 1. The Labute approximate surface area is 143 Å². The molecule has 1 aromatic rings. The second-order valence-electron chi connectivity index (χ2n) is 7.22. The second kappa shape index (κ2) is 7.21. The monoisotopic (exact) mass is 336 g/mol. The smallest absolute Gasteiger partial charge is 0.248 e. The summed E-state index contributed by atoms with van der Waals surface area (Å²) in [5.41, 5.74) is 1.20. The molecule has 0 saturated carbocycles. The van der Waals surface area contributed by atoms with Gasteiger partial charge in [-0.15, -0.1) is 0 Å². The number of carbonyl (C=O) groups is 1. The number of aromatic nitrogens is 2. The van der Waals surface area contributed by atoms with Crippen molar-refractivity contribution in [1.82, 2.24) is 19.6 Å². The number of piperidine rings is 1. The molecule has 2 aliphatic rings. The number of hydrogen-bond donors (Lipinski definition) is 0.